The van der Waals surface area contributed by atoms with E-state index in [0.29, 0.717) is 5.02 Å². The Morgan fingerprint density at radius 3 is 2.58 bits per heavy atom. The summed E-state index contributed by atoms with van der Waals surface area (Å²) >= 11 is 9.64. The van der Waals surface area contributed by atoms with E-state index in [-0.39, 0.29) is 11.8 Å². The quantitative estimate of drug-likeness (QED) is 0.774. The fourth-order valence-electron chi connectivity index (χ4n) is 2.93. The van der Waals surface area contributed by atoms with Crippen LogP contribution < -0.4 is 9.80 Å². The summed E-state index contributed by atoms with van der Waals surface area (Å²) in [6.45, 7) is 1.56. The van der Waals surface area contributed by atoms with Crippen LogP contribution in [0.2, 0.25) is 5.02 Å². The maximum Gasteiger partial charge on any atom is 0.230 e. The van der Waals surface area contributed by atoms with Gasteiger partial charge in [0, 0.05) is 42.9 Å². The molecule has 1 aromatic heterocycles. The second-order valence-electron chi connectivity index (χ2n) is 5.80. The number of anilines is 2. The summed E-state index contributed by atoms with van der Waals surface area (Å²) in [5.41, 5.74) is 0.735. The molecule has 7 heteroatoms. The lowest BCUT2D eigenvalue weighted by molar-refractivity contribution is -0.122. The minimum absolute atomic E-state index is 0.00493. The molecule has 1 fully saturated rings. The molecule has 0 aliphatic carbocycles. The van der Waals surface area contributed by atoms with Gasteiger partial charge in [-0.1, -0.05) is 27.5 Å². The topological polar surface area (TPSA) is 49.3 Å². The van der Waals surface area contributed by atoms with Gasteiger partial charge in [0.25, 0.3) is 0 Å². The van der Waals surface area contributed by atoms with Crippen LogP contribution in [-0.2, 0) is 4.79 Å². The molecular weight excluding hydrogens is 392 g/mol. The molecule has 0 saturated carbocycles. The van der Waals surface area contributed by atoms with Gasteiger partial charge in [-0.15, -0.1) is 0 Å². The van der Waals surface area contributed by atoms with Crippen LogP contribution in [0.3, 0.4) is 0 Å². The molecule has 2 heterocycles. The van der Waals surface area contributed by atoms with Crippen molar-refractivity contribution in [3.63, 3.8) is 0 Å². The van der Waals surface area contributed by atoms with Crippen LogP contribution in [0.5, 0.6) is 0 Å². The number of halogens is 2. The first-order valence-electron chi connectivity index (χ1n) is 7.81. The number of hydrogen-bond acceptors (Lipinski definition) is 4. The lowest BCUT2D eigenvalue weighted by atomic mass is 9.95. The van der Waals surface area contributed by atoms with Crippen molar-refractivity contribution in [2.24, 2.45) is 5.92 Å². The Labute approximate surface area is 154 Å². The molecule has 1 saturated heterocycles. The van der Waals surface area contributed by atoms with Gasteiger partial charge in [0.05, 0.1) is 10.7 Å². The Balaban J connectivity index is 1.64. The van der Waals surface area contributed by atoms with Crippen molar-refractivity contribution in [2.75, 3.05) is 29.9 Å². The summed E-state index contributed by atoms with van der Waals surface area (Å²) in [6.07, 6.45) is 5.05. The van der Waals surface area contributed by atoms with Crippen LogP contribution in [0, 0.1) is 5.92 Å². The molecule has 1 amide bonds. The number of piperidine rings is 1. The monoisotopic (exact) mass is 408 g/mol. The van der Waals surface area contributed by atoms with Gasteiger partial charge in [-0.3, -0.25) is 4.79 Å². The van der Waals surface area contributed by atoms with Crippen molar-refractivity contribution in [3.05, 3.63) is 46.2 Å². The van der Waals surface area contributed by atoms with Gasteiger partial charge in [-0.2, -0.15) is 0 Å². The van der Waals surface area contributed by atoms with E-state index in [2.05, 4.69) is 30.8 Å². The van der Waals surface area contributed by atoms with Crippen LogP contribution in [-0.4, -0.2) is 36.0 Å². The molecule has 3 rings (SSSR count). The third-order valence-electron chi connectivity index (χ3n) is 4.28. The SMILES string of the molecule is CN(C(=O)C1CCN(c2ncccn2)CC1)c1ccc(Br)cc1Cl. The predicted molar refractivity (Wildman–Crippen MR) is 99.5 cm³/mol. The van der Waals surface area contributed by atoms with E-state index in [1.807, 2.05) is 12.1 Å². The smallest absolute Gasteiger partial charge is 0.230 e. The molecule has 0 spiro atoms. The van der Waals surface area contributed by atoms with E-state index >= 15 is 0 Å². The molecule has 1 aromatic carbocycles. The van der Waals surface area contributed by atoms with Crippen molar-refractivity contribution in [3.8, 4) is 0 Å². The highest BCUT2D eigenvalue weighted by Crippen LogP contribution is 2.30. The molecule has 2 aromatic rings. The lowest BCUT2D eigenvalue weighted by Gasteiger charge is -2.33. The number of nitrogens with zero attached hydrogens (tertiary/aromatic N) is 4. The molecule has 0 N–H and O–H groups in total. The van der Waals surface area contributed by atoms with Crippen molar-refractivity contribution < 1.29 is 4.79 Å². The standard InChI is InChI=1S/C17H18BrClN4O/c1-22(15-4-3-13(18)11-14(15)19)16(24)12-5-9-23(10-6-12)17-20-7-2-8-21-17/h2-4,7-8,11-12H,5-6,9-10H2,1H3. The first kappa shape index (κ1) is 17.2. The zero-order valence-electron chi connectivity index (χ0n) is 13.3. The third kappa shape index (κ3) is 3.70. The molecule has 0 radical (unpaired) electrons. The average molecular weight is 410 g/mol. The van der Waals surface area contributed by atoms with Gasteiger partial charge < -0.3 is 9.80 Å². The minimum Gasteiger partial charge on any atom is -0.341 e. The Bertz CT molecular complexity index is 720. The third-order valence-corrected chi connectivity index (χ3v) is 5.08. The summed E-state index contributed by atoms with van der Waals surface area (Å²) in [7, 11) is 1.78. The molecule has 0 unspecified atom stereocenters. The average Bonchev–Trinajstić information content (AvgIpc) is 2.61. The van der Waals surface area contributed by atoms with Crippen LogP contribution in [0.25, 0.3) is 0 Å². The maximum atomic E-state index is 12.8. The largest absolute Gasteiger partial charge is 0.341 e. The summed E-state index contributed by atoms with van der Waals surface area (Å²) in [6, 6.07) is 7.35. The van der Waals surface area contributed by atoms with Gasteiger partial charge in [-0.25, -0.2) is 9.97 Å². The first-order valence-corrected chi connectivity index (χ1v) is 8.98. The first-order chi connectivity index (χ1) is 11.6. The Morgan fingerprint density at radius 2 is 1.96 bits per heavy atom. The minimum atomic E-state index is -0.00493. The molecule has 5 nitrogen and oxygen atoms in total. The van der Waals surface area contributed by atoms with Gasteiger partial charge in [0.15, 0.2) is 0 Å². The van der Waals surface area contributed by atoms with Crippen molar-refractivity contribution in [2.45, 2.75) is 12.8 Å². The predicted octanol–water partition coefficient (Wildman–Crippen LogP) is 3.77. The number of benzene rings is 1. The molecule has 0 bridgehead atoms. The van der Waals surface area contributed by atoms with Crippen LogP contribution in [0.4, 0.5) is 11.6 Å². The number of rotatable bonds is 3. The van der Waals surface area contributed by atoms with Crippen molar-refractivity contribution in [1.82, 2.24) is 9.97 Å². The Kier molecular flexibility index (Phi) is 5.36. The van der Waals surface area contributed by atoms with E-state index < -0.39 is 0 Å². The fraction of sp³-hybridized carbons (Fsp3) is 0.353. The number of amides is 1. The van der Waals surface area contributed by atoms with E-state index in [1.54, 1.807) is 36.5 Å². The zero-order chi connectivity index (χ0) is 17.1. The summed E-state index contributed by atoms with van der Waals surface area (Å²) in [4.78, 5) is 25.1. The van der Waals surface area contributed by atoms with Crippen LogP contribution in [0.1, 0.15) is 12.8 Å². The molecule has 1 aliphatic rings. The second-order valence-corrected chi connectivity index (χ2v) is 7.13. The number of carbonyl (C=O) groups excluding carboxylic acids is 1. The molecule has 24 heavy (non-hydrogen) atoms. The highest BCUT2D eigenvalue weighted by atomic mass is 79.9. The van der Waals surface area contributed by atoms with Crippen LogP contribution in [0.15, 0.2) is 41.1 Å². The number of hydrogen-bond donors (Lipinski definition) is 0. The van der Waals surface area contributed by atoms with Crippen molar-refractivity contribution in [1.29, 1.82) is 0 Å². The fourth-order valence-corrected chi connectivity index (χ4v) is 3.73. The van der Waals surface area contributed by atoms with Gasteiger partial charge >= 0.3 is 0 Å². The zero-order valence-corrected chi connectivity index (χ0v) is 15.7. The molecule has 1 aliphatic heterocycles. The van der Waals surface area contributed by atoms with Crippen LogP contribution >= 0.6 is 27.5 Å². The second kappa shape index (κ2) is 7.49. The van der Waals surface area contributed by atoms with Gasteiger partial charge in [0.1, 0.15) is 0 Å². The van der Waals surface area contributed by atoms with E-state index in [0.717, 1.165) is 42.0 Å². The van der Waals surface area contributed by atoms with E-state index in [4.69, 9.17) is 11.6 Å². The summed E-state index contributed by atoms with van der Waals surface area (Å²) in [5.74, 6) is 0.829. The van der Waals surface area contributed by atoms with E-state index in [9.17, 15) is 4.79 Å². The Hall–Kier alpha value is -1.66. The maximum absolute atomic E-state index is 12.8. The summed E-state index contributed by atoms with van der Waals surface area (Å²) < 4.78 is 0.897. The lowest BCUT2D eigenvalue weighted by Crippen LogP contribution is -2.42. The van der Waals surface area contributed by atoms with E-state index in [1.165, 1.54) is 0 Å². The highest BCUT2D eigenvalue weighted by Gasteiger charge is 2.29. The molecule has 0 atom stereocenters. The number of carbonyl (C=O) groups is 1. The summed E-state index contributed by atoms with van der Waals surface area (Å²) in [5, 5.41) is 0.565. The van der Waals surface area contributed by atoms with Gasteiger partial charge in [-0.05, 0) is 37.1 Å². The number of aromatic nitrogens is 2. The Morgan fingerprint density at radius 1 is 1.29 bits per heavy atom. The molecule has 126 valence electrons. The normalized spacial score (nSPS) is 15.4. The van der Waals surface area contributed by atoms with Gasteiger partial charge in [0.2, 0.25) is 11.9 Å². The molecular formula is C17H18BrClN4O. The highest BCUT2D eigenvalue weighted by molar-refractivity contribution is 9.10. The van der Waals surface area contributed by atoms with Crippen molar-refractivity contribution >= 4 is 45.1 Å².